The number of aromatic nitrogens is 2. The molecule has 1 aliphatic heterocycles. The Morgan fingerprint density at radius 1 is 1.06 bits per heavy atom. The quantitative estimate of drug-likeness (QED) is 0.797. The standard InChI is InChI=1S/C12H15Cl2N3O/c13-10-8-9(11(14)16-15-10)12(18)17-6-4-2-1-3-5-7-17/h8H,1-7H2. The highest BCUT2D eigenvalue weighted by Gasteiger charge is 2.20. The monoisotopic (exact) mass is 287 g/mol. The van der Waals surface area contributed by atoms with E-state index in [4.69, 9.17) is 23.2 Å². The second kappa shape index (κ2) is 6.34. The predicted octanol–water partition coefficient (Wildman–Crippen LogP) is 3.19. The van der Waals surface area contributed by atoms with E-state index in [1.807, 2.05) is 4.90 Å². The Kier molecular flexibility index (Phi) is 4.78. The van der Waals surface area contributed by atoms with Crippen LogP contribution < -0.4 is 0 Å². The zero-order valence-corrected chi connectivity index (χ0v) is 11.5. The van der Waals surface area contributed by atoms with E-state index in [2.05, 4.69) is 10.2 Å². The van der Waals surface area contributed by atoms with Crippen molar-refractivity contribution in [3.05, 3.63) is 21.9 Å². The predicted molar refractivity (Wildman–Crippen MR) is 71.0 cm³/mol. The third-order valence-electron chi connectivity index (χ3n) is 3.09. The fraction of sp³-hybridized carbons (Fsp3) is 0.583. The van der Waals surface area contributed by atoms with Crippen molar-refractivity contribution in [2.24, 2.45) is 0 Å². The van der Waals surface area contributed by atoms with Gasteiger partial charge in [-0.1, -0.05) is 42.5 Å². The van der Waals surface area contributed by atoms with E-state index in [1.165, 1.54) is 25.3 Å². The summed E-state index contributed by atoms with van der Waals surface area (Å²) in [6.07, 6.45) is 5.68. The molecule has 6 heteroatoms. The van der Waals surface area contributed by atoms with Gasteiger partial charge in [0.05, 0.1) is 5.56 Å². The molecular weight excluding hydrogens is 273 g/mol. The Hall–Kier alpha value is -0.870. The summed E-state index contributed by atoms with van der Waals surface area (Å²) in [6, 6.07) is 1.48. The third-order valence-corrected chi connectivity index (χ3v) is 3.56. The number of halogens is 2. The van der Waals surface area contributed by atoms with Crippen LogP contribution in [0.1, 0.15) is 42.5 Å². The maximum absolute atomic E-state index is 12.4. The van der Waals surface area contributed by atoms with Gasteiger partial charge in [0.25, 0.3) is 5.91 Å². The summed E-state index contributed by atoms with van der Waals surface area (Å²) in [6.45, 7) is 1.55. The van der Waals surface area contributed by atoms with Crippen molar-refractivity contribution in [3.8, 4) is 0 Å². The van der Waals surface area contributed by atoms with Gasteiger partial charge in [-0.15, -0.1) is 10.2 Å². The van der Waals surface area contributed by atoms with Crippen molar-refractivity contribution in [1.29, 1.82) is 0 Å². The van der Waals surface area contributed by atoms with Gasteiger partial charge in [0.15, 0.2) is 10.3 Å². The molecule has 1 aliphatic rings. The molecule has 0 radical (unpaired) electrons. The van der Waals surface area contributed by atoms with Crippen molar-refractivity contribution < 1.29 is 4.79 Å². The first-order valence-electron chi connectivity index (χ1n) is 6.16. The SMILES string of the molecule is O=C(c1cc(Cl)nnc1Cl)N1CCCCCCC1. The minimum atomic E-state index is -0.0984. The number of hydrogen-bond donors (Lipinski definition) is 0. The van der Waals surface area contributed by atoms with Gasteiger partial charge in [-0.2, -0.15) is 0 Å². The van der Waals surface area contributed by atoms with Crippen molar-refractivity contribution in [2.75, 3.05) is 13.1 Å². The van der Waals surface area contributed by atoms with Gasteiger partial charge in [-0.3, -0.25) is 4.79 Å². The van der Waals surface area contributed by atoms with Gasteiger partial charge in [-0.25, -0.2) is 0 Å². The topological polar surface area (TPSA) is 46.1 Å². The Bertz CT molecular complexity index is 431. The average Bonchev–Trinajstić information content (AvgIpc) is 2.31. The second-order valence-electron chi connectivity index (χ2n) is 4.43. The Balaban J connectivity index is 2.15. The molecule has 1 aromatic heterocycles. The van der Waals surface area contributed by atoms with Crippen LogP contribution in [0, 0.1) is 0 Å². The number of hydrogen-bond acceptors (Lipinski definition) is 3. The molecule has 0 atom stereocenters. The van der Waals surface area contributed by atoms with E-state index in [1.54, 1.807) is 0 Å². The van der Waals surface area contributed by atoms with Crippen LogP contribution in [0.15, 0.2) is 6.07 Å². The van der Waals surface area contributed by atoms with Gasteiger partial charge in [0, 0.05) is 13.1 Å². The van der Waals surface area contributed by atoms with Crippen molar-refractivity contribution in [3.63, 3.8) is 0 Å². The van der Waals surface area contributed by atoms with Gasteiger partial charge in [0.2, 0.25) is 0 Å². The van der Waals surface area contributed by atoms with Crippen LogP contribution in [0.4, 0.5) is 0 Å². The van der Waals surface area contributed by atoms with Crippen molar-refractivity contribution in [1.82, 2.24) is 15.1 Å². The van der Waals surface area contributed by atoms with E-state index < -0.39 is 0 Å². The lowest BCUT2D eigenvalue weighted by molar-refractivity contribution is 0.0742. The first-order valence-corrected chi connectivity index (χ1v) is 6.92. The lowest BCUT2D eigenvalue weighted by Gasteiger charge is -2.24. The first kappa shape index (κ1) is 13.6. The number of carbonyl (C=O) groups excluding carboxylic acids is 1. The highest BCUT2D eigenvalue weighted by Crippen LogP contribution is 2.19. The van der Waals surface area contributed by atoms with Crippen molar-refractivity contribution >= 4 is 29.1 Å². The zero-order valence-electron chi connectivity index (χ0n) is 10.0. The van der Waals surface area contributed by atoms with E-state index >= 15 is 0 Å². The van der Waals surface area contributed by atoms with E-state index in [0.717, 1.165) is 25.9 Å². The number of likely N-dealkylation sites (tertiary alicyclic amines) is 1. The molecule has 18 heavy (non-hydrogen) atoms. The van der Waals surface area contributed by atoms with E-state index in [9.17, 15) is 4.79 Å². The molecule has 0 bridgehead atoms. The number of nitrogens with zero attached hydrogens (tertiary/aromatic N) is 3. The fourth-order valence-corrected chi connectivity index (χ4v) is 2.44. The summed E-state index contributed by atoms with van der Waals surface area (Å²) < 4.78 is 0. The van der Waals surface area contributed by atoms with Crippen LogP contribution in [0.3, 0.4) is 0 Å². The molecule has 0 unspecified atom stereocenters. The lowest BCUT2D eigenvalue weighted by Crippen LogP contribution is -2.34. The van der Waals surface area contributed by atoms with Gasteiger partial charge < -0.3 is 4.90 Å². The molecule has 1 saturated heterocycles. The normalized spacial score (nSPS) is 17.1. The molecule has 0 aromatic carbocycles. The molecule has 0 aliphatic carbocycles. The smallest absolute Gasteiger partial charge is 0.257 e. The molecule has 4 nitrogen and oxygen atoms in total. The van der Waals surface area contributed by atoms with Gasteiger partial charge in [0.1, 0.15) is 0 Å². The molecule has 0 spiro atoms. The molecule has 1 amide bonds. The van der Waals surface area contributed by atoms with Crippen LogP contribution in [0.25, 0.3) is 0 Å². The third kappa shape index (κ3) is 3.33. The van der Waals surface area contributed by atoms with Crippen LogP contribution in [0.2, 0.25) is 10.3 Å². The number of carbonyl (C=O) groups is 1. The van der Waals surface area contributed by atoms with Crippen LogP contribution in [-0.4, -0.2) is 34.1 Å². The molecule has 2 heterocycles. The summed E-state index contributed by atoms with van der Waals surface area (Å²) >= 11 is 11.7. The summed E-state index contributed by atoms with van der Waals surface area (Å²) in [5.41, 5.74) is 0.345. The highest BCUT2D eigenvalue weighted by molar-refractivity contribution is 6.34. The maximum atomic E-state index is 12.4. The summed E-state index contributed by atoms with van der Waals surface area (Å²) in [5.74, 6) is -0.0984. The molecule has 1 fully saturated rings. The van der Waals surface area contributed by atoms with Crippen LogP contribution >= 0.6 is 23.2 Å². The average molecular weight is 288 g/mol. The summed E-state index contributed by atoms with van der Waals surface area (Å²) in [7, 11) is 0. The Morgan fingerprint density at radius 2 is 1.67 bits per heavy atom. The van der Waals surface area contributed by atoms with E-state index in [-0.39, 0.29) is 16.2 Å². The van der Waals surface area contributed by atoms with E-state index in [0.29, 0.717) is 5.56 Å². The zero-order chi connectivity index (χ0) is 13.0. The summed E-state index contributed by atoms with van der Waals surface area (Å²) in [4.78, 5) is 14.2. The summed E-state index contributed by atoms with van der Waals surface area (Å²) in [5, 5.41) is 7.59. The minimum absolute atomic E-state index is 0.0984. The highest BCUT2D eigenvalue weighted by atomic mass is 35.5. The first-order chi connectivity index (χ1) is 8.68. The molecule has 98 valence electrons. The second-order valence-corrected chi connectivity index (χ2v) is 5.18. The molecule has 0 saturated carbocycles. The number of amides is 1. The van der Waals surface area contributed by atoms with Gasteiger partial charge >= 0.3 is 0 Å². The van der Waals surface area contributed by atoms with Crippen molar-refractivity contribution in [2.45, 2.75) is 32.1 Å². The Labute approximate surface area is 116 Å². The molecule has 2 rings (SSSR count). The largest absolute Gasteiger partial charge is 0.339 e. The maximum Gasteiger partial charge on any atom is 0.257 e. The minimum Gasteiger partial charge on any atom is -0.339 e. The van der Waals surface area contributed by atoms with Crippen LogP contribution in [-0.2, 0) is 0 Å². The molecule has 1 aromatic rings. The fourth-order valence-electron chi connectivity index (χ4n) is 2.12. The molecule has 0 N–H and O–H groups in total. The van der Waals surface area contributed by atoms with Crippen LogP contribution in [0.5, 0.6) is 0 Å². The Morgan fingerprint density at radius 3 is 2.33 bits per heavy atom. The lowest BCUT2D eigenvalue weighted by atomic mass is 10.1. The number of rotatable bonds is 1. The molecular formula is C12H15Cl2N3O. The van der Waals surface area contributed by atoms with Gasteiger partial charge in [-0.05, 0) is 18.9 Å².